The Bertz CT molecular complexity index is 475. The van der Waals surface area contributed by atoms with Gasteiger partial charge in [0.1, 0.15) is 0 Å². The van der Waals surface area contributed by atoms with E-state index < -0.39 is 0 Å². The highest BCUT2D eigenvalue weighted by Gasteiger charge is 2.23. The normalized spacial score (nSPS) is 14.9. The molecule has 0 aliphatic carbocycles. The SMILES string of the molecule is O=C1C=CC(=O)N1Cc1ccc(O)c(O)c1. The summed E-state index contributed by atoms with van der Waals surface area (Å²) in [6.07, 6.45) is 2.39. The first-order valence-electron chi connectivity index (χ1n) is 4.62. The van der Waals surface area contributed by atoms with Crippen LogP contribution in [-0.4, -0.2) is 26.9 Å². The molecule has 82 valence electrons. The zero-order chi connectivity index (χ0) is 11.7. The first-order chi connectivity index (χ1) is 7.58. The summed E-state index contributed by atoms with van der Waals surface area (Å²) in [5.74, 6) is -1.26. The number of imide groups is 1. The van der Waals surface area contributed by atoms with E-state index in [0.717, 1.165) is 4.90 Å². The fourth-order valence-electron chi connectivity index (χ4n) is 1.44. The summed E-state index contributed by atoms with van der Waals surface area (Å²) in [5.41, 5.74) is 0.570. The highest BCUT2D eigenvalue weighted by atomic mass is 16.3. The molecular weight excluding hydrogens is 210 g/mol. The van der Waals surface area contributed by atoms with Crippen LogP contribution in [0, 0.1) is 0 Å². The summed E-state index contributed by atoms with van der Waals surface area (Å²) in [5, 5.41) is 18.4. The molecule has 16 heavy (non-hydrogen) atoms. The van der Waals surface area contributed by atoms with E-state index in [-0.39, 0.29) is 29.9 Å². The highest BCUT2D eigenvalue weighted by molar-refractivity contribution is 6.12. The van der Waals surface area contributed by atoms with Gasteiger partial charge in [-0.3, -0.25) is 14.5 Å². The number of rotatable bonds is 2. The van der Waals surface area contributed by atoms with Gasteiger partial charge in [-0.1, -0.05) is 6.07 Å². The standard InChI is InChI=1S/C11H9NO4/c13-8-2-1-7(5-9(8)14)6-12-10(15)3-4-11(12)16/h1-5,13-14H,6H2. The molecule has 0 spiro atoms. The number of phenolic OH excluding ortho intramolecular Hbond substituents is 2. The van der Waals surface area contributed by atoms with Gasteiger partial charge in [-0.15, -0.1) is 0 Å². The molecule has 1 aromatic carbocycles. The van der Waals surface area contributed by atoms with Crippen LogP contribution in [0.2, 0.25) is 0 Å². The Labute approximate surface area is 91.2 Å². The van der Waals surface area contributed by atoms with Crippen molar-refractivity contribution >= 4 is 11.8 Å². The van der Waals surface area contributed by atoms with Gasteiger partial charge in [0.25, 0.3) is 11.8 Å². The van der Waals surface area contributed by atoms with E-state index in [4.69, 9.17) is 5.11 Å². The summed E-state index contributed by atoms with van der Waals surface area (Å²) in [7, 11) is 0. The average Bonchev–Trinajstić information content (AvgIpc) is 2.55. The number of amides is 2. The number of aromatic hydroxyl groups is 2. The second-order valence-corrected chi connectivity index (χ2v) is 3.42. The molecule has 1 aliphatic heterocycles. The molecule has 0 bridgehead atoms. The maximum atomic E-state index is 11.2. The third-order valence-electron chi connectivity index (χ3n) is 2.28. The number of carbonyl (C=O) groups is 2. The van der Waals surface area contributed by atoms with Gasteiger partial charge in [-0.2, -0.15) is 0 Å². The average molecular weight is 219 g/mol. The van der Waals surface area contributed by atoms with Crippen molar-refractivity contribution in [2.24, 2.45) is 0 Å². The Morgan fingerprint density at radius 3 is 2.19 bits per heavy atom. The van der Waals surface area contributed by atoms with E-state index in [9.17, 15) is 14.7 Å². The van der Waals surface area contributed by atoms with Crippen molar-refractivity contribution in [3.05, 3.63) is 35.9 Å². The fourth-order valence-corrected chi connectivity index (χ4v) is 1.44. The van der Waals surface area contributed by atoms with E-state index in [2.05, 4.69) is 0 Å². The van der Waals surface area contributed by atoms with Crippen molar-refractivity contribution in [2.75, 3.05) is 0 Å². The van der Waals surface area contributed by atoms with Crippen molar-refractivity contribution in [3.8, 4) is 11.5 Å². The number of hydrogen-bond donors (Lipinski definition) is 2. The molecule has 0 aromatic heterocycles. The van der Waals surface area contributed by atoms with Gasteiger partial charge in [0.15, 0.2) is 11.5 Å². The molecule has 0 atom stereocenters. The van der Waals surface area contributed by atoms with Crippen LogP contribution in [0.5, 0.6) is 11.5 Å². The first-order valence-corrected chi connectivity index (χ1v) is 4.62. The molecule has 0 unspecified atom stereocenters. The van der Waals surface area contributed by atoms with Gasteiger partial charge in [0.2, 0.25) is 0 Å². The van der Waals surface area contributed by atoms with Crippen molar-refractivity contribution < 1.29 is 19.8 Å². The van der Waals surface area contributed by atoms with Crippen LogP contribution in [0.3, 0.4) is 0 Å². The predicted molar refractivity (Wildman–Crippen MR) is 54.5 cm³/mol. The van der Waals surface area contributed by atoms with E-state index in [0.29, 0.717) is 5.56 Å². The Morgan fingerprint density at radius 2 is 1.62 bits per heavy atom. The lowest BCUT2D eigenvalue weighted by molar-refractivity contribution is -0.137. The Kier molecular flexibility index (Phi) is 2.36. The third kappa shape index (κ3) is 1.75. The molecule has 5 heteroatoms. The minimum Gasteiger partial charge on any atom is -0.504 e. The van der Waals surface area contributed by atoms with Gasteiger partial charge in [0.05, 0.1) is 6.54 Å². The minimum absolute atomic E-state index is 0.0819. The molecule has 1 aliphatic rings. The summed E-state index contributed by atoms with van der Waals surface area (Å²) in [6, 6.07) is 4.16. The van der Waals surface area contributed by atoms with Gasteiger partial charge in [0, 0.05) is 12.2 Å². The zero-order valence-corrected chi connectivity index (χ0v) is 8.25. The number of nitrogens with zero attached hydrogens (tertiary/aromatic N) is 1. The number of benzene rings is 1. The van der Waals surface area contributed by atoms with Crippen LogP contribution in [0.1, 0.15) is 5.56 Å². The van der Waals surface area contributed by atoms with E-state index in [1.54, 1.807) is 0 Å². The molecule has 2 rings (SSSR count). The number of carbonyl (C=O) groups excluding carboxylic acids is 2. The van der Waals surface area contributed by atoms with Crippen LogP contribution in [0.15, 0.2) is 30.4 Å². The van der Waals surface area contributed by atoms with Crippen LogP contribution in [0.25, 0.3) is 0 Å². The molecule has 2 amide bonds. The van der Waals surface area contributed by atoms with Crippen molar-refractivity contribution in [3.63, 3.8) is 0 Å². The third-order valence-corrected chi connectivity index (χ3v) is 2.28. The molecular formula is C11H9NO4. The highest BCUT2D eigenvalue weighted by Crippen LogP contribution is 2.25. The molecule has 5 nitrogen and oxygen atoms in total. The molecule has 0 saturated heterocycles. The Balaban J connectivity index is 2.18. The van der Waals surface area contributed by atoms with Gasteiger partial charge < -0.3 is 10.2 Å². The Morgan fingerprint density at radius 1 is 1.00 bits per heavy atom. The zero-order valence-electron chi connectivity index (χ0n) is 8.25. The monoisotopic (exact) mass is 219 g/mol. The van der Waals surface area contributed by atoms with E-state index in [1.165, 1.54) is 30.4 Å². The molecule has 1 heterocycles. The first kappa shape index (κ1) is 10.2. The maximum absolute atomic E-state index is 11.2. The quantitative estimate of drug-likeness (QED) is 0.561. The minimum atomic E-state index is -0.377. The lowest BCUT2D eigenvalue weighted by atomic mass is 10.2. The summed E-state index contributed by atoms with van der Waals surface area (Å²) < 4.78 is 0. The summed E-state index contributed by atoms with van der Waals surface area (Å²) in [4.78, 5) is 23.5. The lowest BCUT2D eigenvalue weighted by Gasteiger charge is -2.13. The summed E-state index contributed by atoms with van der Waals surface area (Å²) >= 11 is 0. The van der Waals surface area contributed by atoms with E-state index >= 15 is 0 Å². The molecule has 2 N–H and O–H groups in total. The number of hydrogen-bond acceptors (Lipinski definition) is 4. The lowest BCUT2D eigenvalue weighted by Crippen LogP contribution is -2.29. The predicted octanol–water partition coefficient (Wildman–Crippen LogP) is 0.523. The van der Waals surface area contributed by atoms with Gasteiger partial charge in [-0.25, -0.2) is 0 Å². The topological polar surface area (TPSA) is 77.8 Å². The smallest absolute Gasteiger partial charge is 0.253 e. The van der Waals surface area contributed by atoms with Gasteiger partial charge >= 0.3 is 0 Å². The number of phenols is 2. The van der Waals surface area contributed by atoms with E-state index in [1.807, 2.05) is 0 Å². The molecule has 1 aromatic rings. The van der Waals surface area contributed by atoms with Crippen LogP contribution >= 0.6 is 0 Å². The second-order valence-electron chi connectivity index (χ2n) is 3.42. The molecule has 0 saturated carbocycles. The van der Waals surface area contributed by atoms with Crippen molar-refractivity contribution in [1.82, 2.24) is 4.90 Å². The van der Waals surface area contributed by atoms with Crippen molar-refractivity contribution in [2.45, 2.75) is 6.54 Å². The fraction of sp³-hybridized carbons (Fsp3) is 0.0909. The largest absolute Gasteiger partial charge is 0.504 e. The van der Waals surface area contributed by atoms with Crippen LogP contribution in [-0.2, 0) is 16.1 Å². The van der Waals surface area contributed by atoms with Crippen LogP contribution in [0.4, 0.5) is 0 Å². The summed E-state index contributed by atoms with van der Waals surface area (Å²) in [6.45, 7) is 0.0819. The molecule has 0 radical (unpaired) electrons. The van der Waals surface area contributed by atoms with Gasteiger partial charge in [-0.05, 0) is 17.7 Å². The molecule has 0 fully saturated rings. The second kappa shape index (κ2) is 3.69. The van der Waals surface area contributed by atoms with Crippen LogP contribution < -0.4 is 0 Å². The Hall–Kier alpha value is -2.30. The maximum Gasteiger partial charge on any atom is 0.253 e. The van der Waals surface area contributed by atoms with Crippen molar-refractivity contribution in [1.29, 1.82) is 0 Å².